The summed E-state index contributed by atoms with van der Waals surface area (Å²) in [6.45, 7) is 2.14. The molecule has 0 bridgehead atoms. The van der Waals surface area contributed by atoms with E-state index in [0.717, 1.165) is 0 Å². The van der Waals surface area contributed by atoms with Crippen molar-refractivity contribution in [1.82, 2.24) is 4.98 Å². The van der Waals surface area contributed by atoms with Crippen LogP contribution in [-0.2, 0) is 0 Å². The summed E-state index contributed by atoms with van der Waals surface area (Å²) in [5.74, 6) is 0.675. The summed E-state index contributed by atoms with van der Waals surface area (Å²) in [4.78, 5) is 3.34. The van der Waals surface area contributed by atoms with Crippen molar-refractivity contribution >= 4 is 10.9 Å². The van der Waals surface area contributed by atoms with Gasteiger partial charge in [-0.15, -0.1) is 0 Å². The molecule has 1 aliphatic rings. The predicted octanol–water partition coefficient (Wildman–Crippen LogP) is 3.67. The molecule has 17 heavy (non-hydrogen) atoms. The number of H-pyrrole nitrogens is 1. The molecule has 1 aromatic heterocycles. The molecule has 0 saturated heterocycles. The summed E-state index contributed by atoms with van der Waals surface area (Å²) in [7, 11) is 0. The molecule has 1 atom stereocenters. The lowest BCUT2D eigenvalue weighted by Crippen LogP contribution is -2.18. The summed E-state index contributed by atoms with van der Waals surface area (Å²) in [6, 6.07) is 6.74. The van der Waals surface area contributed by atoms with E-state index in [1.807, 2.05) is 0 Å². The normalized spacial score (nSPS) is 18.9. The van der Waals surface area contributed by atoms with Gasteiger partial charge in [0.15, 0.2) is 0 Å². The molecule has 1 saturated carbocycles. The van der Waals surface area contributed by atoms with Crippen LogP contribution in [0.25, 0.3) is 10.9 Å². The monoisotopic (exact) mass is 228 g/mol. The minimum atomic E-state index is 0.202. The number of hydrogen-bond donors (Lipinski definition) is 2. The Hall–Kier alpha value is -1.28. The van der Waals surface area contributed by atoms with Gasteiger partial charge in [0.25, 0.3) is 0 Å². The van der Waals surface area contributed by atoms with Gasteiger partial charge < -0.3 is 10.7 Å². The fourth-order valence-corrected chi connectivity index (χ4v) is 3.10. The highest BCUT2D eigenvalue weighted by Gasteiger charge is 2.24. The molecule has 2 aromatic rings. The maximum Gasteiger partial charge on any atom is 0.0457 e. The molecule has 0 radical (unpaired) electrons. The van der Waals surface area contributed by atoms with E-state index in [4.69, 9.17) is 5.73 Å². The van der Waals surface area contributed by atoms with Crippen molar-refractivity contribution in [3.63, 3.8) is 0 Å². The molecule has 0 amide bonds. The zero-order valence-electron chi connectivity index (χ0n) is 10.4. The van der Waals surface area contributed by atoms with E-state index < -0.39 is 0 Å². The first-order chi connectivity index (χ1) is 8.25. The lowest BCUT2D eigenvalue weighted by molar-refractivity contribution is 0.447. The zero-order chi connectivity index (χ0) is 11.8. The average molecular weight is 228 g/mol. The van der Waals surface area contributed by atoms with Crippen molar-refractivity contribution in [2.45, 2.75) is 38.6 Å². The molecule has 90 valence electrons. The fourth-order valence-electron chi connectivity index (χ4n) is 3.10. The van der Waals surface area contributed by atoms with Crippen molar-refractivity contribution in [3.05, 3.63) is 35.5 Å². The molecule has 3 rings (SSSR count). The van der Waals surface area contributed by atoms with Crippen molar-refractivity contribution in [1.29, 1.82) is 0 Å². The van der Waals surface area contributed by atoms with Crippen LogP contribution in [0.1, 0.15) is 42.9 Å². The van der Waals surface area contributed by atoms with Gasteiger partial charge in [0.2, 0.25) is 0 Å². The Morgan fingerprint density at radius 3 is 2.82 bits per heavy atom. The number of nitrogens with two attached hydrogens (primary N) is 1. The van der Waals surface area contributed by atoms with Crippen molar-refractivity contribution in [2.75, 3.05) is 0 Å². The van der Waals surface area contributed by atoms with Crippen LogP contribution in [0.4, 0.5) is 0 Å². The molecule has 2 nitrogen and oxygen atoms in total. The maximum atomic E-state index is 6.44. The number of aryl methyl sites for hydroxylation is 1. The third kappa shape index (κ3) is 1.87. The number of rotatable bonds is 2. The van der Waals surface area contributed by atoms with Crippen LogP contribution in [0, 0.1) is 12.8 Å². The predicted molar refractivity (Wildman–Crippen MR) is 71.9 cm³/mol. The third-order valence-electron chi connectivity index (χ3n) is 4.14. The van der Waals surface area contributed by atoms with Gasteiger partial charge in [-0.3, -0.25) is 0 Å². The molecule has 3 N–H and O–H groups in total. The van der Waals surface area contributed by atoms with Crippen LogP contribution in [0.2, 0.25) is 0 Å². The van der Waals surface area contributed by atoms with Crippen LogP contribution in [0.15, 0.2) is 24.4 Å². The quantitative estimate of drug-likeness (QED) is 0.809. The van der Waals surface area contributed by atoms with E-state index in [9.17, 15) is 0 Å². The van der Waals surface area contributed by atoms with Gasteiger partial charge in [0, 0.05) is 23.1 Å². The largest absolute Gasteiger partial charge is 0.361 e. The smallest absolute Gasteiger partial charge is 0.0457 e. The summed E-state index contributed by atoms with van der Waals surface area (Å²) in [6.07, 6.45) is 7.38. The molecule has 1 fully saturated rings. The lowest BCUT2D eigenvalue weighted by atomic mass is 9.92. The molecule has 1 aliphatic carbocycles. The van der Waals surface area contributed by atoms with Crippen LogP contribution in [0.3, 0.4) is 0 Å². The second kappa shape index (κ2) is 4.19. The Bertz CT molecular complexity index is 521. The van der Waals surface area contributed by atoms with Crippen LogP contribution in [-0.4, -0.2) is 4.98 Å². The number of fused-ring (bicyclic) bond motifs is 1. The van der Waals surface area contributed by atoms with Crippen LogP contribution < -0.4 is 5.73 Å². The van der Waals surface area contributed by atoms with Crippen molar-refractivity contribution in [2.24, 2.45) is 11.7 Å². The highest BCUT2D eigenvalue weighted by molar-refractivity contribution is 5.84. The minimum absolute atomic E-state index is 0.202. The molecule has 1 heterocycles. The Morgan fingerprint density at radius 1 is 1.29 bits per heavy atom. The molecule has 1 unspecified atom stereocenters. The van der Waals surface area contributed by atoms with Crippen molar-refractivity contribution < 1.29 is 0 Å². The number of aromatic nitrogens is 1. The first-order valence-electron chi connectivity index (χ1n) is 6.59. The molecular formula is C15H20N2. The molecule has 0 spiro atoms. The van der Waals surface area contributed by atoms with Gasteiger partial charge in [0.05, 0.1) is 0 Å². The van der Waals surface area contributed by atoms with Crippen LogP contribution in [0.5, 0.6) is 0 Å². The maximum absolute atomic E-state index is 6.44. The Kier molecular flexibility index (Phi) is 2.67. The average Bonchev–Trinajstić information content (AvgIpc) is 2.97. The van der Waals surface area contributed by atoms with Crippen molar-refractivity contribution in [3.8, 4) is 0 Å². The third-order valence-corrected chi connectivity index (χ3v) is 4.14. The van der Waals surface area contributed by atoms with E-state index in [1.54, 1.807) is 0 Å². The number of hydrogen-bond acceptors (Lipinski definition) is 1. The zero-order valence-corrected chi connectivity index (χ0v) is 10.4. The van der Waals surface area contributed by atoms with Gasteiger partial charge in [-0.05, 0) is 43.4 Å². The van der Waals surface area contributed by atoms with Gasteiger partial charge in [-0.25, -0.2) is 0 Å². The number of benzene rings is 1. The van der Waals surface area contributed by atoms with E-state index in [1.165, 1.54) is 47.7 Å². The molecular weight excluding hydrogens is 208 g/mol. The van der Waals surface area contributed by atoms with E-state index in [-0.39, 0.29) is 6.04 Å². The van der Waals surface area contributed by atoms with Gasteiger partial charge in [-0.2, -0.15) is 0 Å². The summed E-state index contributed by atoms with van der Waals surface area (Å²) in [5.41, 5.74) is 10.3. The van der Waals surface area contributed by atoms with E-state index in [0.29, 0.717) is 5.92 Å². The Balaban J connectivity index is 2.01. The highest BCUT2D eigenvalue weighted by Crippen LogP contribution is 2.36. The standard InChI is InChI=1S/C15H20N2/c1-10-6-7-14-12(8-10)13(9-17-14)15(16)11-4-2-3-5-11/h6-9,11,15,17H,2-5,16H2,1H3. The SMILES string of the molecule is Cc1ccc2[nH]cc(C(N)C3CCCC3)c2c1. The first kappa shape index (κ1) is 10.8. The lowest BCUT2D eigenvalue weighted by Gasteiger charge is -2.18. The highest BCUT2D eigenvalue weighted by atomic mass is 14.7. The van der Waals surface area contributed by atoms with E-state index in [2.05, 4.69) is 36.3 Å². The summed E-state index contributed by atoms with van der Waals surface area (Å²) < 4.78 is 0. The van der Waals surface area contributed by atoms with E-state index >= 15 is 0 Å². The molecule has 2 heteroatoms. The van der Waals surface area contributed by atoms with Gasteiger partial charge in [-0.1, -0.05) is 24.5 Å². The molecule has 1 aromatic carbocycles. The fraction of sp³-hybridized carbons (Fsp3) is 0.467. The van der Waals surface area contributed by atoms with Gasteiger partial charge >= 0.3 is 0 Å². The summed E-state index contributed by atoms with van der Waals surface area (Å²) >= 11 is 0. The first-order valence-corrected chi connectivity index (χ1v) is 6.59. The number of aromatic amines is 1. The second-order valence-electron chi connectivity index (χ2n) is 5.36. The Morgan fingerprint density at radius 2 is 2.06 bits per heavy atom. The number of nitrogens with one attached hydrogen (secondary N) is 1. The minimum Gasteiger partial charge on any atom is -0.361 e. The Labute approximate surface area is 102 Å². The molecule has 0 aliphatic heterocycles. The second-order valence-corrected chi connectivity index (χ2v) is 5.36. The topological polar surface area (TPSA) is 41.8 Å². The summed E-state index contributed by atoms with van der Waals surface area (Å²) in [5, 5.41) is 1.31. The van der Waals surface area contributed by atoms with Gasteiger partial charge in [0.1, 0.15) is 0 Å². The van der Waals surface area contributed by atoms with Crippen LogP contribution >= 0.6 is 0 Å².